The Kier molecular flexibility index (Phi) is 6.31. The molecular formula is C15H23NO4. The predicted octanol–water partition coefficient (Wildman–Crippen LogP) is 2.09. The molecule has 1 amide bonds. The van der Waals surface area contributed by atoms with Gasteiger partial charge in [-0.2, -0.15) is 0 Å². The Morgan fingerprint density at radius 2 is 1.85 bits per heavy atom. The first-order chi connectivity index (χ1) is 9.47. The highest BCUT2D eigenvalue weighted by Crippen LogP contribution is 2.27. The van der Waals surface area contributed by atoms with Gasteiger partial charge in [-0.15, -0.1) is 0 Å². The maximum atomic E-state index is 11.9. The molecule has 0 aliphatic rings. The van der Waals surface area contributed by atoms with Crippen LogP contribution in [-0.2, 0) is 16.1 Å². The summed E-state index contributed by atoms with van der Waals surface area (Å²) >= 11 is 0. The fraction of sp³-hybridized carbons (Fsp3) is 0.533. The van der Waals surface area contributed by atoms with E-state index >= 15 is 0 Å². The van der Waals surface area contributed by atoms with E-state index in [4.69, 9.17) is 14.2 Å². The SMILES string of the molecule is COc1ccc(CN(C)C(=O)COC(C)C)cc1OC. The van der Waals surface area contributed by atoms with Crippen LogP contribution in [0.2, 0.25) is 0 Å². The van der Waals surface area contributed by atoms with E-state index in [1.807, 2.05) is 32.0 Å². The van der Waals surface area contributed by atoms with Gasteiger partial charge in [0.15, 0.2) is 11.5 Å². The second-order valence-corrected chi connectivity index (χ2v) is 4.80. The minimum absolute atomic E-state index is 0.0477. The van der Waals surface area contributed by atoms with Crippen LogP contribution in [0.5, 0.6) is 11.5 Å². The van der Waals surface area contributed by atoms with Crippen molar-refractivity contribution in [2.75, 3.05) is 27.9 Å². The van der Waals surface area contributed by atoms with Gasteiger partial charge in [0.2, 0.25) is 5.91 Å². The fourth-order valence-electron chi connectivity index (χ4n) is 1.69. The molecule has 112 valence electrons. The number of hydrogen-bond acceptors (Lipinski definition) is 4. The first-order valence-electron chi connectivity index (χ1n) is 6.54. The molecule has 0 radical (unpaired) electrons. The molecule has 0 spiro atoms. The van der Waals surface area contributed by atoms with E-state index in [2.05, 4.69) is 0 Å². The number of ether oxygens (including phenoxy) is 3. The molecule has 0 aromatic heterocycles. The highest BCUT2D eigenvalue weighted by Gasteiger charge is 2.12. The third-order valence-corrected chi connectivity index (χ3v) is 2.83. The van der Waals surface area contributed by atoms with Gasteiger partial charge in [-0.25, -0.2) is 0 Å². The summed E-state index contributed by atoms with van der Waals surface area (Å²) in [7, 11) is 4.94. The predicted molar refractivity (Wildman–Crippen MR) is 77.1 cm³/mol. The smallest absolute Gasteiger partial charge is 0.248 e. The van der Waals surface area contributed by atoms with Crippen LogP contribution < -0.4 is 9.47 Å². The number of methoxy groups -OCH3 is 2. The zero-order valence-electron chi connectivity index (χ0n) is 12.8. The highest BCUT2D eigenvalue weighted by molar-refractivity contribution is 5.77. The third kappa shape index (κ3) is 4.74. The molecule has 1 aromatic carbocycles. The first kappa shape index (κ1) is 16.3. The van der Waals surface area contributed by atoms with E-state index in [1.54, 1.807) is 26.2 Å². The maximum Gasteiger partial charge on any atom is 0.248 e. The summed E-state index contributed by atoms with van der Waals surface area (Å²) in [5.74, 6) is 1.28. The Bertz CT molecular complexity index is 445. The van der Waals surface area contributed by atoms with Crippen molar-refractivity contribution in [3.05, 3.63) is 23.8 Å². The molecule has 0 saturated carbocycles. The number of rotatable bonds is 7. The quantitative estimate of drug-likeness (QED) is 0.768. The third-order valence-electron chi connectivity index (χ3n) is 2.83. The lowest BCUT2D eigenvalue weighted by Gasteiger charge is -2.19. The molecule has 0 aliphatic heterocycles. The summed E-state index contributed by atoms with van der Waals surface area (Å²) in [6.45, 7) is 4.41. The average Bonchev–Trinajstić information content (AvgIpc) is 2.44. The van der Waals surface area contributed by atoms with Crippen molar-refractivity contribution in [3.63, 3.8) is 0 Å². The zero-order valence-corrected chi connectivity index (χ0v) is 12.8. The van der Waals surface area contributed by atoms with E-state index in [0.717, 1.165) is 5.56 Å². The Morgan fingerprint density at radius 1 is 1.20 bits per heavy atom. The molecule has 0 saturated heterocycles. The summed E-state index contributed by atoms with van der Waals surface area (Å²) in [5, 5.41) is 0. The molecular weight excluding hydrogens is 258 g/mol. The van der Waals surface area contributed by atoms with Crippen LogP contribution in [0.3, 0.4) is 0 Å². The molecule has 0 N–H and O–H groups in total. The van der Waals surface area contributed by atoms with E-state index in [0.29, 0.717) is 18.0 Å². The first-order valence-corrected chi connectivity index (χ1v) is 6.54. The van der Waals surface area contributed by atoms with Crippen molar-refractivity contribution >= 4 is 5.91 Å². The number of benzene rings is 1. The molecule has 0 bridgehead atoms. The Hall–Kier alpha value is -1.75. The standard InChI is InChI=1S/C15H23NO4/c1-11(2)20-10-15(17)16(3)9-12-6-7-13(18-4)14(8-12)19-5/h6-8,11H,9-10H2,1-5H3. The molecule has 5 nitrogen and oxygen atoms in total. The van der Waals surface area contributed by atoms with Crippen molar-refractivity contribution in [1.82, 2.24) is 4.90 Å². The van der Waals surface area contributed by atoms with Crippen molar-refractivity contribution < 1.29 is 19.0 Å². The molecule has 0 heterocycles. The zero-order chi connectivity index (χ0) is 15.1. The maximum absolute atomic E-state index is 11.9. The van der Waals surface area contributed by atoms with Gasteiger partial charge in [0.05, 0.1) is 20.3 Å². The molecule has 1 aromatic rings. The monoisotopic (exact) mass is 281 g/mol. The summed E-state index contributed by atoms with van der Waals surface area (Å²) in [6, 6.07) is 5.61. The van der Waals surface area contributed by atoms with Gasteiger partial charge >= 0.3 is 0 Å². The molecule has 5 heteroatoms. The minimum Gasteiger partial charge on any atom is -0.493 e. The van der Waals surface area contributed by atoms with E-state index in [9.17, 15) is 4.79 Å². The fourth-order valence-corrected chi connectivity index (χ4v) is 1.69. The van der Waals surface area contributed by atoms with Crippen LogP contribution in [-0.4, -0.2) is 44.8 Å². The number of carbonyl (C=O) groups excluding carboxylic acids is 1. The van der Waals surface area contributed by atoms with Gasteiger partial charge in [0, 0.05) is 13.6 Å². The van der Waals surface area contributed by atoms with Gasteiger partial charge in [-0.3, -0.25) is 4.79 Å². The van der Waals surface area contributed by atoms with Crippen LogP contribution >= 0.6 is 0 Å². The van der Waals surface area contributed by atoms with Crippen molar-refractivity contribution in [1.29, 1.82) is 0 Å². The number of amides is 1. The molecule has 1 rings (SSSR count). The van der Waals surface area contributed by atoms with Gasteiger partial charge in [0.1, 0.15) is 6.61 Å². The van der Waals surface area contributed by atoms with E-state index < -0.39 is 0 Å². The Morgan fingerprint density at radius 3 is 2.40 bits per heavy atom. The minimum atomic E-state index is -0.0477. The lowest BCUT2D eigenvalue weighted by molar-refractivity contribution is -0.136. The summed E-state index contributed by atoms with van der Waals surface area (Å²) < 4.78 is 15.7. The average molecular weight is 281 g/mol. The molecule has 0 fully saturated rings. The molecule has 0 atom stereocenters. The second-order valence-electron chi connectivity index (χ2n) is 4.80. The van der Waals surface area contributed by atoms with Crippen molar-refractivity contribution in [3.8, 4) is 11.5 Å². The second kappa shape index (κ2) is 7.75. The van der Waals surface area contributed by atoms with Gasteiger partial charge in [-0.05, 0) is 31.5 Å². The van der Waals surface area contributed by atoms with Crippen LogP contribution in [0.4, 0.5) is 0 Å². The number of nitrogens with zero attached hydrogens (tertiary/aromatic N) is 1. The van der Waals surface area contributed by atoms with Crippen LogP contribution in [0.25, 0.3) is 0 Å². The van der Waals surface area contributed by atoms with E-state index in [-0.39, 0.29) is 18.6 Å². The Labute approximate surface area is 120 Å². The number of likely N-dealkylation sites (N-methyl/N-ethyl adjacent to an activating group) is 1. The lowest BCUT2D eigenvalue weighted by Crippen LogP contribution is -2.30. The molecule has 0 aliphatic carbocycles. The van der Waals surface area contributed by atoms with Gasteiger partial charge in [-0.1, -0.05) is 6.07 Å². The Balaban J connectivity index is 2.65. The van der Waals surface area contributed by atoms with Crippen molar-refractivity contribution in [2.24, 2.45) is 0 Å². The lowest BCUT2D eigenvalue weighted by atomic mass is 10.2. The van der Waals surface area contributed by atoms with Crippen LogP contribution in [0, 0.1) is 0 Å². The normalized spacial score (nSPS) is 10.5. The van der Waals surface area contributed by atoms with Gasteiger partial charge < -0.3 is 19.1 Å². The van der Waals surface area contributed by atoms with Gasteiger partial charge in [0.25, 0.3) is 0 Å². The summed E-state index contributed by atoms with van der Waals surface area (Å²) in [5.41, 5.74) is 0.975. The number of carbonyl (C=O) groups is 1. The topological polar surface area (TPSA) is 48.0 Å². The van der Waals surface area contributed by atoms with Crippen LogP contribution in [0.15, 0.2) is 18.2 Å². The molecule has 0 unspecified atom stereocenters. The van der Waals surface area contributed by atoms with Crippen LogP contribution in [0.1, 0.15) is 19.4 Å². The largest absolute Gasteiger partial charge is 0.493 e. The number of hydrogen-bond donors (Lipinski definition) is 0. The molecule has 20 heavy (non-hydrogen) atoms. The highest BCUT2D eigenvalue weighted by atomic mass is 16.5. The summed E-state index contributed by atoms with van der Waals surface area (Å²) in [6.07, 6.45) is 0.0495. The summed E-state index contributed by atoms with van der Waals surface area (Å²) in [4.78, 5) is 13.5. The van der Waals surface area contributed by atoms with Crippen molar-refractivity contribution in [2.45, 2.75) is 26.5 Å². The van der Waals surface area contributed by atoms with E-state index in [1.165, 1.54) is 0 Å².